The van der Waals surface area contributed by atoms with Gasteiger partial charge in [-0.15, -0.1) is 11.3 Å². The van der Waals surface area contributed by atoms with Gasteiger partial charge in [0.05, 0.1) is 20.5 Å². The molecule has 0 saturated heterocycles. The van der Waals surface area contributed by atoms with E-state index in [4.69, 9.17) is 34.8 Å². The maximum atomic E-state index is 10.1. The molecule has 1 N–H and O–H groups in total. The number of hydrogen-bond donors (Lipinski definition) is 1. The Morgan fingerprint density at radius 1 is 1.12 bits per heavy atom. The van der Waals surface area contributed by atoms with Gasteiger partial charge in [0.25, 0.3) is 0 Å². The maximum Gasteiger partial charge on any atom is 0.0931 e. The lowest BCUT2D eigenvalue weighted by atomic mass is 10.1. The van der Waals surface area contributed by atoms with Gasteiger partial charge >= 0.3 is 0 Å². The predicted octanol–water partition coefficient (Wildman–Crippen LogP) is 4.98. The van der Waals surface area contributed by atoms with Crippen LogP contribution in [0.3, 0.4) is 0 Å². The molecule has 17 heavy (non-hydrogen) atoms. The molecule has 5 heteroatoms. The summed E-state index contributed by atoms with van der Waals surface area (Å²) < 4.78 is 0.712. The lowest BCUT2D eigenvalue weighted by molar-refractivity contribution is 0.179. The first-order valence-corrected chi connectivity index (χ1v) is 6.89. The summed E-state index contributed by atoms with van der Waals surface area (Å²) in [4.78, 5) is 1.01. The van der Waals surface area contributed by atoms with E-state index < -0.39 is 6.10 Å². The third-order valence-corrected chi connectivity index (χ3v) is 4.45. The Morgan fingerprint density at radius 3 is 2.53 bits per heavy atom. The molecule has 0 radical (unpaired) electrons. The van der Waals surface area contributed by atoms with Crippen molar-refractivity contribution in [3.63, 3.8) is 0 Å². The fraction of sp³-hybridized carbons (Fsp3) is 0.167. The van der Waals surface area contributed by atoms with Crippen molar-refractivity contribution in [3.8, 4) is 0 Å². The summed E-state index contributed by atoms with van der Waals surface area (Å²) in [6, 6.07) is 8.95. The molecule has 0 aliphatic heterocycles. The minimum atomic E-state index is -0.670. The van der Waals surface area contributed by atoms with E-state index in [-0.39, 0.29) is 0 Å². The van der Waals surface area contributed by atoms with Gasteiger partial charge in [-0.2, -0.15) is 0 Å². The van der Waals surface area contributed by atoms with Crippen LogP contribution in [-0.2, 0) is 6.42 Å². The van der Waals surface area contributed by atoms with E-state index in [1.807, 2.05) is 12.1 Å². The molecule has 0 aliphatic carbocycles. The van der Waals surface area contributed by atoms with Gasteiger partial charge < -0.3 is 5.11 Å². The molecule has 1 unspecified atom stereocenters. The van der Waals surface area contributed by atoms with Crippen molar-refractivity contribution in [2.45, 2.75) is 12.5 Å². The number of benzene rings is 1. The normalized spacial score (nSPS) is 12.7. The van der Waals surface area contributed by atoms with Crippen LogP contribution in [0.2, 0.25) is 14.4 Å². The molecule has 0 amide bonds. The highest BCUT2D eigenvalue weighted by molar-refractivity contribution is 7.16. The Hall–Kier alpha value is -0.250. The molecule has 1 aromatic carbocycles. The van der Waals surface area contributed by atoms with Crippen molar-refractivity contribution in [2.24, 2.45) is 0 Å². The first-order valence-electron chi connectivity index (χ1n) is 4.94. The third-order valence-electron chi connectivity index (χ3n) is 2.36. The molecule has 1 aromatic heterocycles. The molecule has 1 atom stereocenters. The topological polar surface area (TPSA) is 20.2 Å². The molecule has 90 valence electrons. The molecule has 0 spiro atoms. The van der Waals surface area contributed by atoms with Gasteiger partial charge in [0, 0.05) is 16.9 Å². The van der Waals surface area contributed by atoms with Crippen LogP contribution in [0.5, 0.6) is 0 Å². The highest BCUT2D eigenvalue weighted by Gasteiger charge is 2.15. The fourth-order valence-corrected chi connectivity index (χ4v) is 3.10. The summed E-state index contributed by atoms with van der Waals surface area (Å²) in [6.07, 6.45) is -0.187. The molecule has 0 aliphatic rings. The van der Waals surface area contributed by atoms with Crippen molar-refractivity contribution < 1.29 is 5.11 Å². The van der Waals surface area contributed by atoms with Crippen LogP contribution < -0.4 is 0 Å². The van der Waals surface area contributed by atoms with Crippen molar-refractivity contribution in [1.29, 1.82) is 0 Å². The largest absolute Gasteiger partial charge is 0.388 e. The van der Waals surface area contributed by atoms with Gasteiger partial charge in [-0.1, -0.05) is 46.9 Å². The Kier molecular flexibility index (Phi) is 4.34. The van der Waals surface area contributed by atoms with Gasteiger partial charge in [-0.05, 0) is 18.2 Å². The van der Waals surface area contributed by atoms with Crippen LogP contribution in [0.4, 0.5) is 0 Å². The van der Waals surface area contributed by atoms with E-state index in [2.05, 4.69) is 0 Å². The summed E-state index contributed by atoms with van der Waals surface area (Å²) in [5, 5.41) is 11.0. The predicted molar refractivity (Wildman–Crippen MR) is 74.5 cm³/mol. The number of rotatable bonds is 3. The summed E-state index contributed by atoms with van der Waals surface area (Å²) in [5.74, 6) is 0. The monoisotopic (exact) mass is 306 g/mol. The highest BCUT2D eigenvalue weighted by atomic mass is 35.5. The molecule has 0 bridgehead atoms. The number of aliphatic hydroxyl groups is 1. The summed E-state index contributed by atoms with van der Waals surface area (Å²) in [7, 11) is 0. The minimum absolute atomic E-state index is 0.407. The third kappa shape index (κ3) is 3.15. The summed E-state index contributed by atoms with van der Waals surface area (Å²) >= 11 is 19.2. The maximum absolute atomic E-state index is 10.1. The van der Waals surface area contributed by atoms with E-state index in [1.165, 1.54) is 11.3 Å². The van der Waals surface area contributed by atoms with Gasteiger partial charge in [0.1, 0.15) is 0 Å². The second kappa shape index (κ2) is 5.59. The number of halogens is 3. The standard InChI is InChI=1S/C12H9Cl3OS/c13-9-3-1-2-8(12(9)15)10(16)6-7-4-5-11(14)17-7/h1-5,10,16H,6H2. The van der Waals surface area contributed by atoms with Crippen molar-refractivity contribution in [3.05, 3.63) is 55.2 Å². The van der Waals surface area contributed by atoms with Crippen LogP contribution in [0.25, 0.3) is 0 Å². The average molecular weight is 308 g/mol. The van der Waals surface area contributed by atoms with E-state index in [9.17, 15) is 5.11 Å². The smallest absolute Gasteiger partial charge is 0.0931 e. The number of aliphatic hydroxyl groups excluding tert-OH is 1. The summed E-state index contributed by atoms with van der Waals surface area (Å²) in [5.41, 5.74) is 0.642. The Balaban J connectivity index is 2.20. The van der Waals surface area contributed by atoms with Crippen LogP contribution in [0.1, 0.15) is 16.5 Å². The van der Waals surface area contributed by atoms with E-state index in [0.29, 0.717) is 26.4 Å². The van der Waals surface area contributed by atoms with Crippen molar-refractivity contribution in [2.75, 3.05) is 0 Å². The van der Waals surface area contributed by atoms with Crippen LogP contribution in [0.15, 0.2) is 30.3 Å². The van der Waals surface area contributed by atoms with Gasteiger partial charge in [-0.25, -0.2) is 0 Å². The van der Waals surface area contributed by atoms with E-state index >= 15 is 0 Å². The fourth-order valence-electron chi connectivity index (χ4n) is 1.54. The second-order valence-electron chi connectivity index (χ2n) is 3.57. The Labute approximate surface area is 119 Å². The van der Waals surface area contributed by atoms with Gasteiger partial charge in [-0.3, -0.25) is 0 Å². The van der Waals surface area contributed by atoms with E-state index in [0.717, 1.165) is 4.88 Å². The quantitative estimate of drug-likeness (QED) is 0.847. The van der Waals surface area contributed by atoms with Crippen molar-refractivity contribution in [1.82, 2.24) is 0 Å². The minimum Gasteiger partial charge on any atom is -0.388 e. The van der Waals surface area contributed by atoms with Gasteiger partial charge in [0.2, 0.25) is 0 Å². The second-order valence-corrected chi connectivity index (χ2v) is 6.15. The Bertz CT molecular complexity index is 524. The van der Waals surface area contributed by atoms with Crippen LogP contribution in [0, 0.1) is 0 Å². The van der Waals surface area contributed by atoms with Crippen LogP contribution >= 0.6 is 46.1 Å². The van der Waals surface area contributed by atoms with Crippen LogP contribution in [-0.4, -0.2) is 5.11 Å². The highest BCUT2D eigenvalue weighted by Crippen LogP contribution is 2.33. The molecular weight excluding hydrogens is 299 g/mol. The zero-order valence-electron chi connectivity index (χ0n) is 8.66. The summed E-state index contributed by atoms with van der Waals surface area (Å²) in [6.45, 7) is 0. The lowest BCUT2D eigenvalue weighted by Crippen LogP contribution is -2.01. The lowest BCUT2D eigenvalue weighted by Gasteiger charge is -2.12. The first kappa shape index (κ1) is 13.2. The van der Waals surface area contributed by atoms with E-state index in [1.54, 1.807) is 18.2 Å². The zero-order chi connectivity index (χ0) is 12.4. The van der Waals surface area contributed by atoms with Crippen molar-refractivity contribution >= 4 is 46.1 Å². The molecular formula is C12H9Cl3OS. The Morgan fingerprint density at radius 2 is 1.88 bits per heavy atom. The zero-order valence-corrected chi connectivity index (χ0v) is 11.7. The molecule has 0 fully saturated rings. The SMILES string of the molecule is OC(Cc1ccc(Cl)s1)c1cccc(Cl)c1Cl. The average Bonchev–Trinajstić information content (AvgIpc) is 2.68. The number of hydrogen-bond acceptors (Lipinski definition) is 2. The van der Waals surface area contributed by atoms with Gasteiger partial charge in [0.15, 0.2) is 0 Å². The molecule has 2 aromatic rings. The molecule has 1 nitrogen and oxygen atoms in total. The molecule has 1 heterocycles. The molecule has 0 saturated carbocycles. The molecule has 2 rings (SSSR count). The number of thiophene rings is 1. The first-order chi connectivity index (χ1) is 8.08.